The quantitative estimate of drug-likeness (QED) is 0.491. The summed E-state index contributed by atoms with van der Waals surface area (Å²) in [4.78, 5) is 0. The lowest BCUT2D eigenvalue weighted by Crippen LogP contribution is -2.15. The molecule has 0 aromatic carbocycles. The van der Waals surface area contributed by atoms with E-state index in [0.717, 1.165) is 0 Å². The van der Waals surface area contributed by atoms with Crippen molar-refractivity contribution in [3.05, 3.63) is 0 Å². The van der Waals surface area contributed by atoms with Gasteiger partial charge in [-0.25, -0.2) is 0 Å². The molecule has 0 unspecified atom stereocenters. The van der Waals surface area contributed by atoms with E-state index in [9.17, 15) is 0 Å². The van der Waals surface area contributed by atoms with Gasteiger partial charge in [0.25, 0.3) is 0 Å². The molecule has 0 atom stereocenters. The van der Waals surface area contributed by atoms with E-state index >= 15 is 0 Å². The minimum absolute atomic E-state index is 0.520. The molecule has 0 saturated carbocycles. The van der Waals surface area contributed by atoms with Gasteiger partial charge in [0.15, 0.2) is 0 Å². The highest BCUT2D eigenvalue weighted by atomic mass is 33.1. The fraction of sp³-hybridized carbons (Fsp3) is 1.00. The summed E-state index contributed by atoms with van der Waals surface area (Å²) in [6, 6.07) is 0. The predicted molar refractivity (Wildman–Crippen MR) is 50.1 cm³/mol. The molecule has 0 aliphatic carbocycles. The van der Waals surface area contributed by atoms with Crippen LogP contribution in [0.2, 0.25) is 0 Å². The Hall–Kier alpha value is 0.700. The molecule has 2 heteroatoms. The lowest BCUT2D eigenvalue weighted by molar-refractivity contribution is 0.348. The summed E-state index contributed by atoms with van der Waals surface area (Å²) in [7, 11) is 1.65. The summed E-state index contributed by atoms with van der Waals surface area (Å²) in [5.41, 5.74) is 0.520. The van der Waals surface area contributed by atoms with Crippen LogP contribution in [0.1, 0.15) is 33.6 Å². The molecule has 0 aromatic rings. The largest absolute Gasteiger partial charge is 0.111 e. The van der Waals surface area contributed by atoms with Crippen molar-refractivity contribution in [1.29, 1.82) is 0 Å². The molecule has 0 saturated heterocycles. The van der Waals surface area contributed by atoms with Gasteiger partial charge in [0.1, 0.15) is 0 Å². The number of thiol groups is 1. The maximum Gasteiger partial charge on any atom is 0.00883 e. The Morgan fingerprint density at radius 3 is 1.89 bits per heavy atom. The van der Waals surface area contributed by atoms with Crippen molar-refractivity contribution in [2.75, 3.05) is 5.75 Å². The zero-order valence-electron chi connectivity index (χ0n) is 6.48. The number of hydrogen-bond donors (Lipinski definition) is 1. The Labute approximate surface area is 67.6 Å². The van der Waals surface area contributed by atoms with Crippen LogP contribution >= 0.6 is 22.5 Å². The van der Waals surface area contributed by atoms with Crippen LogP contribution in [-0.4, -0.2) is 5.75 Å². The van der Waals surface area contributed by atoms with Crippen LogP contribution in [0.25, 0.3) is 0 Å². The average Bonchev–Trinajstić information content (AvgIpc) is 1.89. The van der Waals surface area contributed by atoms with Crippen molar-refractivity contribution >= 4 is 22.5 Å². The Balaban J connectivity index is 3.62. The zero-order chi connectivity index (χ0) is 7.33. The lowest BCUT2D eigenvalue weighted by atomic mass is 9.87. The smallest absolute Gasteiger partial charge is 0.00883 e. The zero-order valence-corrected chi connectivity index (χ0v) is 8.19. The fourth-order valence-corrected chi connectivity index (χ4v) is 2.26. The molecular weight excluding hydrogens is 148 g/mol. The number of rotatable bonds is 4. The molecule has 0 spiro atoms. The average molecular weight is 164 g/mol. The van der Waals surface area contributed by atoms with Crippen LogP contribution in [0.3, 0.4) is 0 Å². The first kappa shape index (κ1) is 9.70. The van der Waals surface area contributed by atoms with Crippen molar-refractivity contribution in [3.63, 3.8) is 0 Å². The van der Waals surface area contributed by atoms with Crippen LogP contribution in [0, 0.1) is 5.41 Å². The SMILES string of the molecule is CCC(C)(CC)CSS. The summed E-state index contributed by atoms with van der Waals surface area (Å²) < 4.78 is 0. The van der Waals surface area contributed by atoms with Gasteiger partial charge in [-0.1, -0.05) is 31.6 Å². The molecule has 0 nitrogen and oxygen atoms in total. The minimum Gasteiger partial charge on any atom is -0.111 e. The van der Waals surface area contributed by atoms with Crippen LogP contribution in [0.15, 0.2) is 0 Å². The third-order valence-electron chi connectivity index (χ3n) is 2.12. The van der Waals surface area contributed by atoms with Crippen molar-refractivity contribution in [2.24, 2.45) is 5.41 Å². The third kappa shape index (κ3) is 3.41. The molecule has 9 heavy (non-hydrogen) atoms. The molecule has 0 amide bonds. The molecule has 56 valence electrons. The first-order chi connectivity index (χ1) is 4.18. The van der Waals surface area contributed by atoms with E-state index in [4.69, 9.17) is 0 Å². The Morgan fingerprint density at radius 1 is 1.33 bits per heavy atom. The van der Waals surface area contributed by atoms with E-state index in [1.165, 1.54) is 18.6 Å². The van der Waals surface area contributed by atoms with Crippen molar-refractivity contribution in [1.82, 2.24) is 0 Å². The molecule has 0 bridgehead atoms. The lowest BCUT2D eigenvalue weighted by Gasteiger charge is -2.24. The van der Waals surface area contributed by atoms with Crippen molar-refractivity contribution in [2.45, 2.75) is 33.6 Å². The predicted octanol–water partition coefficient (Wildman–Crippen LogP) is 3.39. The highest BCUT2D eigenvalue weighted by molar-refractivity contribution is 8.68. The standard InChI is InChI=1S/C7H16S2/c1-4-7(3,5-2)6-9-8/h8H,4-6H2,1-3H3. The molecule has 0 aromatic heterocycles. The van der Waals surface area contributed by atoms with Gasteiger partial charge in [0.05, 0.1) is 0 Å². The van der Waals surface area contributed by atoms with E-state index in [1.807, 2.05) is 0 Å². The Bertz CT molecular complexity index is 67.3. The van der Waals surface area contributed by atoms with Gasteiger partial charge in [-0.2, -0.15) is 0 Å². The summed E-state index contributed by atoms with van der Waals surface area (Å²) in [5.74, 6) is 1.17. The van der Waals surface area contributed by atoms with Crippen LogP contribution < -0.4 is 0 Å². The maximum atomic E-state index is 4.14. The molecule has 0 radical (unpaired) electrons. The monoisotopic (exact) mass is 164 g/mol. The topological polar surface area (TPSA) is 0 Å². The molecule has 0 aliphatic heterocycles. The fourth-order valence-electron chi connectivity index (χ4n) is 0.610. The Kier molecular flexibility index (Phi) is 4.86. The van der Waals surface area contributed by atoms with Gasteiger partial charge in [0, 0.05) is 5.75 Å². The normalized spacial score (nSPS) is 12.0. The highest BCUT2D eigenvalue weighted by Crippen LogP contribution is 2.30. The summed E-state index contributed by atoms with van der Waals surface area (Å²) in [6.45, 7) is 6.80. The maximum absolute atomic E-state index is 4.14. The molecule has 0 heterocycles. The van der Waals surface area contributed by atoms with Crippen LogP contribution in [-0.2, 0) is 0 Å². The van der Waals surface area contributed by atoms with E-state index in [0.29, 0.717) is 5.41 Å². The summed E-state index contributed by atoms with van der Waals surface area (Å²) in [5, 5.41) is 0. The second kappa shape index (κ2) is 4.51. The molecule has 0 fully saturated rings. The third-order valence-corrected chi connectivity index (χ3v) is 3.33. The van der Waals surface area contributed by atoms with Gasteiger partial charge in [-0.05, 0) is 18.3 Å². The molecule has 0 aliphatic rings. The molecular formula is C7H16S2. The van der Waals surface area contributed by atoms with Gasteiger partial charge in [0.2, 0.25) is 0 Å². The summed E-state index contributed by atoms with van der Waals surface area (Å²) in [6.07, 6.45) is 2.52. The first-order valence-corrected chi connectivity index (χ1v) is 5.48. The van der Waals surface area contributed by atoms with Gasteiger partial charge in [-0.3, -0.25) is 0 Å². The van der Waals surface area contributed by atoms with Gasteiger partial charge >= 0.3 is 0 Å². The van der Waals surface area contributed by atoms with E-state index < -0.39 is 0 Å². The highest BCUT2D eigenvalue weighted by Gasteiger charge is 2.18. The Morgan fingerprint density at radius 2 is 1.78 bits per heavy atom. The number of hydrogen-bond acceptors (Lipinski definition) is 2. The second-order valence-corrected chi connectivity index (χ2v) is 4.11. The van der Waals surface area contributed by atoms with Crippen molar-refractivity contribution < 1.29 is 0 Å². The van der Waals surface area contributed by atoms with E-state index in [2.05, 4.69) is 32.4 Å². The van der Waals surface area contributed by atoms with E-state index in [1.54, 1.807) is 10.8 Å². The van der Waals surface area contributed by atoms with Gasteiger partial charge in [-0.15, -0.1) is 11.7 Å². The van der Waals surface area contributed by atoms with Crippen LogP contribution in [0.5, 0.6) is 0 Å². The van der Waals surface area contributed by atoms with Crippen molar-refractivity contribution in [3.8, 4) is 0 Å². The molecule has 0 N–H and O–H groups in total. The van der Waals surface area contributed by atoms with Gasteiger partial charge < -0.3 is 0 Å². The molecule has 0 rings (SSSR count). The first-order valence-electron chi connectivity index (χ1n) is 3.45. The van der Waals surface area contributed by atoms with Crippen LogP contribution in [0.4, 0.5) is 0 Å². The second-order valence-electron chi connectivity index (χ2n) is 2.79. The summed E-state index contributed by atoms with van der Waals surface area (Å²) >= 11 is 4.14. The minimum atomic E-state index is 0.520. The van der Waals surface area contributed by atoms with E-state index in [-0.39, 0.29) is 0 Å².